The smallest absolute Gasteiger partial charge is 0.271 e. The molecule has 0 aliphatic rings. The molecule has 0 fully saturated rings. The predicted octanol–water partition coefficient (Wildman–Crippen LogP) is 4.02. The number of hydrogen-bond donors (Lipinski definition) is 1. The van der Waals surface area contributed by atoms with Gasteiger partial charge in [-0.15, -0.1) is 0 Å². The van der Waals surface area contributed by atoms with Crippen LogP contribution in [-0.2, 0) is 0 Å². The number of nitro benzene ring substituents is 1. The van der Waals surface area contributed by atoms with E-state index in [1.54, 1.807) is 24.3 Å². The molecular formula is C17H17FN2O4. The van der Waals surface area contributed by atoms with Gasteiger partial charge in [-0.25, -0.2) is 4.39 Å². The summed E-state index contributed by atoms with van der Waals surface area (Å²) in [4.78, 5) is 22.2. The average molecular weight is 332 g/mol. The van der Waals surface area contributed by atoms with Crippen LogP contribution in [0.4, 0.5) is 15.8 Å². The van der Waals surface area contributed by atoms with Gasteiger partial charge in [0.05, 0.1) is 17.2 Å². The largest absolute Gasteiger partial charge is 0.493 e. The molecule has 2 aromatic rings. The monoisotopic (exact) mass is 332 g/mol. The van der Waals surface area contributed by atoms with Gasteiger partial charge in [-0.1, -0.05) is 13.8 Å². The van der Waals surface area contributed by atoms with Crippen molar-refractivity contribution in [3.05, 3.63) is 64.0 Å². The second kappa shape index (κ2) is 7.54. The Morgan fingerprint density at radius 1 is 1.25 bits per heavy atom. The highest BCUT2D eigenvalue weighted by atomic mass is 19.1. The third-order valence-corrected chi connectivity index (χ3v) is 3.11. The summed E-state index contributed by atoms with van der Waals surface area (Å²) in [5.74, 6) is -0.303. The van der Waals surface area contributed by atoms with Crippen molar-refractivity contribution in [3.8, 4) is 5.75 Å². The lowest BCUT2D eigenvalue weighted by Gasteiger charge is -2.10. The molecule has 0 aliphatic carbocycles. The first-order valence-electron chi connectivity index (χ1n) is 7.35. The number of amides is 1. The van der Waals surface area contributed by atoms with Crippen LogP contribution in [0.2, 0.25) is 0 Å². The SMILES string of the molecule is CC(C)COc1ccc(C(=O)Nc2cc([N+](=O)[O-])ccc2F)cc1. The number of ether oxygens (including phenoxy) is 1. The van der Waals surface area contributed by atoms with Crippen molar-refractivity contribution >= 4 is 17.3 Å². The summed E-state index contributed by atoms with van der Waals surface area (Å²) in [6, 6.07) is 9.32. The zero-order valence-corrected chi connectivity index (χ0v) is 13.3. The molecule has 1 amide bonds. The van der Waals surface area contributed by atoms with E-state index in [4.69, 9.17) is 4.74 Å². The molecule has 7 heteroatoms. The zero-order chi connectivity index (χ0) is 17.7. The molecule has 24 heavy (non-hydrogen) atoms. The Hall–Kier alpha value is -2.96. The highest BCUT2D eigenvalue weighted by molar-refractivity contribution is 6.04. The molecule has 2 aromatic carbocycles. The molecule has 0 saturated carbocycles. The summed E-state index contributed by atoms with van der Waals surface area (Å²) in [6.45, 7) is 4.61. The fraction of sp³-hybridized carbons (Fsp3) is 0.235. The van der Waals surface area contributed by atoms with Crippen molar-refractivity contribution in [1.82, 2.24) is 0 Å². The molecule has 0 aliphatic heterocycles. The maximum absolute atomic E-state index is 13.7. The third-order valence-electron chi connectivity index (χ3n) is 3.11. The topological polar surface area (TPSA) is 81.5 Å². The second-order valence-corrected chi connectivity index (χ2v) is 5.60. The van der Waals surface area contributed by atoms with Gasteiger partial charge in [0.25, 0.3) is 11.6 Å². The van der Waals surface area contributed by atoms with Crippen LogP contribution in [-0.4, -0.2) is 17.4 Å². The Bertz CT molecular complexity index is 745. The molecular weight excluding hydrogens is 315 g/mol. The van der Waals surface area contributed by atoms with Crippen LogP contribution in [0.5, 0.6) is 5.75 Å². The van der Waals surface area contributed by atoms with Crippen LogP contribution >= 0.6 is 0 Å². The van der Waals surface area contributed by atoms with E-state index in [-0.39, 0.29) is 16.9 Å². The Balaban J connectivity index is 2.09. The van der Waals surface area contributed by atoms with E-state index in [1.165, 1.54) is 0 Å². The normalized spacial score (nSPS) is 10.5. The van der Waals surface area contributed by atoms with Gasteiger partial charge in [0.1, 0.15) is 11.6 Å². The van der Waals surface area contributed by atoms with E-state index in [0.717, 1.165) is 18.2 Å². The number of nitro groups is 1. The standard InChI is InChI=1S/C17H17FN2O4/c1-11(2)10-24-14-6-3-12(4-7-14)17(21)19-16-9-13(20(22)23)5-8-15(16)18/h3-9,11H,10H2,1-2H3,(H,19,21). The fourth-order valence-electron chi connectivity index (χ4n) is 1.88. The van der Waals surface area contributed by atoms with Crippen LogP contribution in [0.1, 0.15) is 24.2 Å². The van der Waals surface area contributed by atoms with Gasteiger partial charge >= 0.3 is 0 Å². The van der Waals surface area contributed by atoms with E-state index in [2.05, 4.69) is 5.32 Å². The zero-order valence-electron chi connectivity index (χ0n) is 13.3. The summed E-state index contributed by atoms with van der Waals surface area (Å²) in [6.07, 6.45) is 0. The van der Waals surface area contributed by atoms with E-state index in [1.807, 2.05) is 13.8 Å². The van der Waals surface area contributed by atoms with Crippen molar-refractivity contribution in [2.24, 2.45) is 5.92 Å². The number of rotatable bonds is 6. The Morgan fingerprint density at radius 3 is 2.50 bits per heavy atom. The maximum atomic E-state index is 13.7. The molecule has 126 valence electrons. The summed E-state index contributed by atoms with van der Waals surface area (Å²) >= 11 is 0. The maximum Gasteiger partial charge on any atom is 0.271 e. The first kappa shape index (κ1) is 17.4. The van der Waals surface area contributed by atoms with Gasteiger partial charge in [0, 0.05) is 17.7 Å². The van der Waals surface area contributed by atoms with Gasteiger partial charge in [-0.2, -0.15) is 0 Å². The number of halogens is 1. The molecule has 0 heterocycles. The molecule has 6 nitrogen and oxygen atoms in total. The number of carbonyl (C=O) groups is 1. The number of non-ortho nitro benzene ring substituents is 1. The average Bonchev–Trinajstić information content (AvgIpc) is 2.55. The van der Waals surface area contributed by atoms with Crippen molar-refractivity contribution in [1.29, 1.82) is 0 Å². The van der Waals surface area contributed by atoms with E-state index in [0.29, 0.717) is 18.3 Å². The Labute approximate surface area is 138 Å². The lowest BCUT2D eigenvalue weighted by atomic mass is 10.2. The predicted molar refractivity (Wildman–Crippen MR) is 87.8 cm³/mol. The van der Waals surface area contributed by atoms with Crippen LogP contribution < -0.4 is 10.1 Å². The summed E-state index contributed by atoms with van der Waals surface area (Å²) in [7, 11) is 0. The highest BCUT2D eigenvalue weighted by Crippen LogP contribution is 2.22. The van der Waals surface area contributed by atoms with Crippen molar-refractivity contribution < 1.29 is 18.8 Å². The lowest BCUT2D eigenvalue weighted by Crippen LogP contribution is -2.13. The molecule has 0 spiro atoms. The number of nitrogens with one attached hydrogen (secondary N) is 1. The van der Waals surface area contributed by atoms with Gasteiger partial charge < -0.3 is 10.1 Å². The molecule has 0 unspecified atom stereocenters. The van der Waals surface area contributed by atoms with Crippen molar-refractivity contribution in [2.45, 2.75) is 13.8 Å². The van der Waals surface area contributed by atoms with Gasteiger partial charge in [0.15, 0.2) is 0 Å². The van der Waals surface area contributed by atoms with Crippen LogP contribution in [0.15, 0.2) is 42.5 Å². The third kappa shape index (κ3) is 4.52. The fourth-order valence-corrected chi connectivity index (χ4v) is 1.88. The first-order chi connectivity index (χ1) is 11.4. The minimum Gasteiger partial charge on any atom is -0.493 e. The quantitative estimate of drug-likeness (QED) is 0.640. The van der Waals surface area contributed by atoms with Crippen LogP contribution in [0.3, 0.4) is 0 Å². The van der Waals surface area contributed by atoms with E-state index < -0.39 is 16.6 Å². The van der Waals surface area contributed by atoms with E-state index >= 15 is 0 Å². The summed E-state index contributed by atoms with van der Waals surface area (Å²) in [5.41, 5.74) is -0.253. The molecule has 0 atom stereocenters. The molecule has 2 rings (SSSR count). The minimum absolute atomic E-state index is 0.241. The van der Waals surface area contributed by atoms with E-state index in [9.17, 15) is 19.3 Å². The Kier molecular flexibility index (Phi) is 5.47. The number of nitrogens with zero attached hydrogens (tertiary/aromatic N) is 1. The van der Waals surface area contributed by atoms with Crippen LogP contribution in [0, 0.1) is 21.8 Å². The Morgan fingerprint density at radius 2 is 1.92 bits per heavy atom. The van der Waals surface area contributed by atoms with Crippen molar-refractivity contribution in [3.63, 3.8) is 0 Å². The van der Waals surface area contributed by atoms with Crippen LogP contribution in [0.25, 0.3) is 0 Å². The second-order valence-electron chi connectivity index (χ2n) is 5.60. The van der Waals surface area contributed by atoms with Gasteiger partial charge in [-0.05, 0) is 36.2 Å². The van der Waals surface area contributed by atoms with Crippen molar-refractivity contribution in [2.75, 3.05) is 11.9 Å². The number of hydrogen-bond acceptors (Lipinski definition) is 4. The first-order valence-corrected chi connectivity index (χ1v) is 7.35. The van der Waals surface area contributed by atoms with Gasteiger partial charge in [-0.3, -0.25) is 14.9 Å². The molecule has 0 bridgehead atoms. The molecule has 0 saturated heterocycles. The van der Waals surface area contributed by atoms with Gasteiger partial charge in [0.2, 0.25) is 0 Å². The molecule has 0 radical (unpaired) electrons. The molecule has 1 N–H and O–H groups in total. The number of carbonyl (C=O) groups excluding carboxylic acids is 1. The molecule has 0 aromatic heterocycles. The summed E-state index contributed by atoms with van der Waals surface area (Å²) < 4.78 is 19.2. The number of anilines is 1. The summed E-state index contributed by atoms with van der Waals surface area (Å²) in [5, 5.41) is 13.1. The number of benzene rings is 2. The lowest BCUT2D eigenvalue weighted by molar-refractivity contribution is -0.384. The highest BCUT2D eigenvalue weighted by Gasteiger charge is 2.14. The minimum atomic E-state index is -0.745.